The zero-order chi connectivity index (χ0) is 13.9. The Morgan fingerprint density at radius 1 is 1.44 bits per heavy atom. The number of carbonyl (C=O) groups excluding carboxylic acids is 1. The third-order valence-corrected chi connectivity index (χ3v) is 2.15. The number of hydrogen-bond donors (Lipinski definition) is 3. The number of aromatic hydroxyl groups is 1. The van der Waals surface area contributed by atoms with Crippen LogP contribution in [0.1, 0.15) is 26.3 Å². The average Bonchev–Trinajstić information content (AvgIpc) is 2.18. The van der Waals surface area contributed by atoms with E-state index in [0.717, 1.165) is 0 Å². The van der Waals surface area contributed by atoms with Gasteiger partial charge in [0, 0.05) is 5.56 Å². The fourth-order valence-corrected chi connectivity index (χ4v) is 1.33. The molecule has 0 spiro atoms. The number of phenolic OH excluding ortho intramolecular Hbond substituents is 1. The zero-order valence-electron chi connectivity index (χ0n) is 10.5. The molecule has 0 aliphatic heterocycles. The Labute approximate surface area is 111 Å². The number of amides is 1. The van der Waals surface area contributed by atoms with Gasteiger partial charge in [0.05, 0.1) is 5.69 Å². The maximum Gasteiger partial charge on any atom is 0.412 e. The summed E-state index contributed by atoms with van der Waals surface area (Å²) in [5, 5.41) is 12.0. The van der Waals surface area contributed by atoms with Gasteiger partial charge >= 0.3 is 6.09 Å². The molecule has 1 amide bonds. The van der Waals surface area contributed by atoms with E-state index < -0.39 is 11.7 Å². The molecular formula is C12H16N2O3S. The third kappa shape index (κ3) is 4.21. The minimum absolute atomic E-state index is 0.0825. The number of phenols is 1. The third-order valence-electron chi connectivity index (χ3n) is 1.92. The molecule has 0 heterocycles. The maximum absolute atomic E-state index is 11.6. The van der Waals surface area contributed by atoms with Gasteiger partial charge in [-0.25, -0.2) is 4.79 Å². The lowest BCUT2D eigenvalue weighted by Gasteiger charge is -2.20. The van der Waals surface area contributed by atoms with Crippen LogP contribution in [0.2, 0.25) is 0 Å². The van der Waals surface area contributed by atoms with Crippen molar-refractivity contribution in [2.45, 2.75) is 26.4 Å². The summed E-state index contributed by atoms with van der Waals surface area (Å²) in [6.07, 6.45) is -0.655. The van der Waals surface area contributed by atoms with Crippen molar-refractivity contribution in [2.24, 2.45) is 5.73 Å². The highest BCUT2D eigenvalue weighted by Crippen LogP contribution is 2.24. The zero-order valence-corrected chi connectivity index (χ0v) is 11.3. The number of nitrogens with one attached hydrogen (secondary N) is 1. The molecule has 0 fully saturated rings. The van der Waals surface area contributed by atoms with E-state index in [1.54, 1.807) is 26.8 Å². The van der Waals surface area contributed by atoms with E-state index in [1.165, 1.54) is 12.1 Å². The lowest BCUT2D eigenvalue weighted by Crippen LogP contribution is -2.27. The van der Waals surface area contributed by atoms with Crippen molar-refractivity contribution in [3.63, 3.8) is 0 Å². The molecular weight excluding hydrogens is 252 g/mol. The molecule has 6 heteroatoms. The van der Waals surface area contributed by atoms with Gasteiger partial charge in [-0.3, -0.25) is 5.32 Å². The van der Waals surface area contributed by atoms with E-state index in [4.69, 9.17) is 22.7 Å². The molecule has 0 radical (unpaired) electrons. The van der Waals surface area contributed by atoms with Crippen LogP contribution in [0.25, 0.3) is 0 Å². The second-order valence-electron chi connectivity index (χ2n) is 4.72. The van der Waals surface area contributed by atoms with Crippen molar-refractivity contribution in [3.8, 4) is 5.75 Å². The molecule has 4 N–H and O–H groups in total. The minimum Gasteiger partial charge on any atom is -0.506 e. The Hall–Kier alpha value is -1.82. The van der Waals surface area contributed by atoms with Gasteiger partial charge in [-0.05, 0) is 39.0 Å². The first-order valence-corrected chi connectivity index (χ1v) is 5.73. The smallest absolute Gasteiger partial charge is 0.412 e. The van der Waals surface area contributed by atoms with Crippen molar-refractivity contribution < 1.29 is 14.6 Å². The summed E-state index contributed by atoms with van der Waals surface area (Å²) >= 11 is 4.82. The maximum atomic E-state index is 11.6. The molecule has 0 bridgehead atoms. The molecule has 0 saturated carbocycles. The van der Waals surface area contributed by atoms with Crippen molar-refractivity contribution in [1.82, 2.24) is 0 Å². The summed E-state index contributed by atoms with van der Waals surface area (Å²) in [4.78, 5) is 11.7. The number of ether oxygens (including phenoxy) is 1. The molecule has 0 unspecified atom stereocenters. The van der Waals surface area contributed by atoms with E-state index in [0.29, 0.717) is 5.56 Å². The standard InChI is InChI=1S/C12H16N2O3S/c1-12(2,3)17-11(16)14-8-6-7(10(13)18)4-5-9(8)15/h4-6,15H,1-3H3,(H2,13,18)(H,14,16). The van der Waals surface area contributed by atoms with Gasteiger partial charge in [0.15, 0.2) is 0 Å². The monoisotopic (exact) mass is 268 g/mol. The first-order chi connectivity index (χ1) is 8.19. The van der Waals surface area contributed by atoms with E-state index in [9.17, 15) is 9.90 Å². The highest BCUT2D eigenvalue weighted by Gasteiger charge is 2.17. The van der Waals surface area contributed by atoms with Crippen LogP contribution in [0.3, 0.4) is 0 Å². The van der Waals surface area contributed by atoms with Crippen LogP contribution in [0.15, 0.2) is 18.2 Å². The largest absolute Gasteiger partial charge is 0.506 e. The average molecular weight is 268 g/mol. The fourth-order valence-electron chi connectivity index (χ4n) is 1.20. The van der Waals surface area contributed by atoms with Crippen molar-refractivity contribution in [1.29, 1.82) is 0 Å². The molecule has 1 rings (SSSR count). The summed E-state index contributed by atoms with van der Waals surface area (Å²) in [6.45, 7) is 5.24. The summed E-state index contributed by atoms with van der Waals surface area (Å²) in [5.41, 5.74) is 5.61. The van der Waals surface area contributed by atoms with E-state index >= 15 is 0 Å². The normalized spacial score (nSPS) is 10.8. The highest BCUT2D eigenvalue weighted by molar-refractivity contribution is 7.80. The molecule has 0 aromatic heterocycles. The van der Waals surface area contributed by atoms with Crippen LogP contribution in [0.4, 0.5) is 10.5 Å². The molecule has 1 aromatic carbocycles. The quantitative estimate of drug-likeness (QED) is 0.566. The molecule has 0 aliphatic carbocycles. The summed E-state index contributed by atoms with van der Waals surface area (Å²) in [6, 6.07) is 4.46. The van der Waals surface area contributed by atoms with Crippen LogP contribution < -0.4 is 11.1 Å². The number of benzene rings is 1. The Morgan fingerprint density at radius 2 is 2.06 bits per heavy atom. The predicted molar refractivity (Wildman–Crippen MR) is 73.9 cm³/mol. The Kier molecular flexibility index (Phi) is 4.13. The lowest BCUT2D eigenvalue weighted by atomic mass is 10.2. The molecule has 0 aliphatic rings. The molecule has 0 atom stereocenters. The number of hydrogen-bond acceptors (Lipinski definition) is 4. The summed E-state index contributed by atoms with van der Waals surface area (Å²) in [5.74, 6) is -0.0825. The minimum atomic E-state index is -0.655. The molecule has 98 valence electrons. The van der Waals surface area contributed by atoms with Crippen LogP contribution in [-0.2, 0) is 4.74 Å². The van der Waals surface area contributed by atoms with E-state index in [2.05, 4.69) is 5.32 Å². The molecule has 1 aromatic rings. The number of anilines is 1. The second-order valence-corrected chi connectivity index (χ2v) is 5.16. The van der Waals surface area contributed by atoms with Gasteiger partial charge in [0.1, 0.15) is 16.3 Å². The van der Waals surface area contributed by atoms with E-state index in [1.807, 2.05) is 0 Å². The Bertz CT molecular complexity index is 481. The van der Waals surface area contributed by atoms with Crippen LogP contribution in [0, 0.1) is 0 Å². The summed E-state index contributed by atoms with van der Waals surface area (Å²) in [7, 11) is 0. The summed E-state index contributed by atoms with van der Waals surface area (Å²) < 4.78 is 5.07. The van der Waals surface area contributed by atoms with Gasteiger partial charge in [-0.15, -0.1) is 0 Å². The van der Waals surface area contributed by atoms with Gasteiger partial charge in [-0.1, -0.05) is 12.2 Å². The van der Waals surface area contributed by atoms with E-state index in [-0.39, 0.29) is 16.4 Å². The van der Waals surface area contributed by atoms with Crippen LogP contribution in [0.5, 0.6) is 5.75 Å². The van der Waals surface area contributed by atoms with Gasteiger partial charge in [-0.2, -0.15) is 0 Å². The lowest BCUT2D eigenvalue weighted by molar-refractivity contribution is 0.0635. The molecule has 18 heavy (non-hydrogen) atoms. The number of carbonyl (C=O) groups is 1. The number of rotatable bonds is 2. The fraction of sp³-hybridized carbons (Fsp3) is 0.333. The number of nitrogens with two attached hydrogens (primary N) is 1. The predicted octanol–water partition coefficient (Wildman–Crippen LogP) is 2.37. The molecule has 0 saturated heterocycles. The van der Waals surface area contributed by atoms with Gasteiger partial charge in [0.2, 0.25) is 0 Å². The first kappa shape index (κ1) is 14.2. The Balaban J connectivity index is 2.87. The van der Waals surface area contributed by atoms with Crippen LogP contribution >= 0.6 is 12.2 Å². The van der Waals surface area contributed by atoms with Crippen molar-refractivity contribution >= 4 is 29.0 Å². The van der Waals surface area contributed by atoms with Crippen molar-refractivity contribution in [3.05, 3.63) is 23.8 Å². The molecule has 5 nitrogen and oxygen atoms in total. The van der Waals surface area contributed by atoms with Gasteiger partial charge in [0.25, 0.3) is 0 Å². The SMILES string of the molecule is CC(C)(C)OC(=O)Nc1cc(C(N)=S)ccc1O. The highest BCUT2D eigenvalue weighted by atomic mass is 32.1. The van der Waals surface area contributed by atoms with Crippen LogP contribution in [-0.4, -0.2) is 21.8 Å². The number of thiocarbonyl (C=S) groups is 1. The first-order valence-electron chi connectivity index (χ1n) is 5.32. The topological polar surface area (TPSA) is 84.6 Å². The van der Waals surface area contributed by atoms with Crippen molar-refractivity contribution in [2.75, 3.05) is 5.32 Å². The van der Waals surface area contributed by atoms with Gasteiger partial charge < -0.3 is 15.6 Å². The Morgan fingerprint density at radius 3 is 2.56 bits per heavy atom. The second kappa shape index (κ2) is 5.22.